The third-order valence-corrected chi connectivity index (χ3v) is 2.85. The summed E-state index contributed by atoms with van der Waals surface area (Å²) in [6.45, 7) is 2.06. The molecule has 0 amide bonds. The van der Waals surface area contributed by atoms with Gasteiger partial charge in [-0.25, -0.2) is 4.39 Å². The fourth-order valence-electron chi connectivity index (χ4n) is 1.69. The Kier molecular flexibility index (Phi) is 3.49. The molecule has 0 fully saturated rings. The van der Waals surface area contributed by atoms with Crippen LogP contribution in [-0.2, 0) is 0 Å². The summed E-state index contributed by atoms with van der Waals surface area (Å²) in [5.74, 6) is -0.227. The highest BCUT2D eigenvalue weighted by Gasteiger charge is 2.05. The van der Waals surface area contributed by atoms with Crippen molar-refractivity contribution in [3.8, 4) is 11.1 Å². The van der Waals surface area contributed by atoms with E-state index in [0.29, 0.717) is 0 Å². The summed E-state index contributed by atoms with van der Waals surface area (Å²) < 4.78 is 13.1. The van der Waals surface area contributed by atoms with Gasteiger partial charge in [-0.2, -0.15) is 0 Å². The van der Waals surface area contributed by atoms with Crippen LogP contribution in [0.25, 0.3) is 11.1 Å². The zero-order valence-electron chi connectivity index (χ0n) is 9.94. The average Bonchev–Trinajstić information content (AvgIpc) is 2.38. The number of nitrogens with zero attached hydrogens (tertiary/aromatic N) is 1. The molecular weight excluding hydrogens is 215 g/mol. The van der Waals surface area contributed by atoms with Crippen LogP contribution in [0, 0.1) is 5.82 Å². The van der Waals surface area contributed by atoms with E-state index in [-0.39, 0.29) is 11.9 Å². The van der Waals surface area contributed by atoms with Crippen molar-refractivity contribution in [3.05, 3.63) is 54.1 Å². The van der Waals surface area contributed by atoms with E-state index in [1.54, 1.807) is 12.3 Å². The van der Waals surface area contributed by atoms with Crippen molar-refractivity contribution in [1.82, 2.24) is 10.3 Å². The van der Waals surface area contributed by atoms with Crippen LogP contribution >= 0.6 is 0 Å². The lowest BCUT2D eigenvalue weighted by molar-refractivity contribution is 0.628. The van der Waals surface area contributed by atoms with Gasteiger partial charge in [0.05, 0.1) is 0 Å². The van der Waals surface area contributed by atoms with Crippen molar-refractivity contribution in [3.63, 3.8) is 0 Å². The first-order valence-electron chi connectivity index (χ1n) is 5.59. The first-order chi connectivity index (χ1) is 8.20. The van der Waals surface area contributed by atoms with E-state index in [9.17, 15) is 4.39 Å². The predicted octanol–water partition coefficient (Wildman–Crippen LogP) is 3.17. The Labute approximate surface area is 101 Å². The van der Waals surface area contributed by atoms with Gasteiger partial charge in [-0.05, 0) is 43.3 Å². The van der Waals surface area contributed by atoms with E-state index < -0.39 is 0 Å². The first-order valence-corrected chi connectivity index (χ1v) is 5.59. The average molecular weight is 230 g/mol. The zero-order chi connectivity index (χ0) is 12.3. The fraction of sp³-hybridized carbons (Fsp3) is 0.214. The summed E-state index contributed by atoms with van der Waals surface area (Å²) in [6.07, 6.45) is 3.57. The Balaban J connectivity index is 2.39. The van der Waals surface area contributed by atoms with Gasteiger partial charge in [0, 0.05) is 24.0 Å². The summed E-state index contributed by atoms with van der Waals surface area (Å²) >= 11 is 0. The number of halogens is 1. The summed E-state index contributed by atoms with van der Waals surface area (Å²) in [6, 6.07) is 8.81. The minimum absolute atomic E-state index is 0.227. The van der Waals surface area contributed by atoms with Crippen molar-refractivity contribution in [1.29, 1.82) is 0 Å². The Morgan fingerprint density at radius 3 is 2.71 bits per heavy atom. The number of pyridine rings is 1. The standard InChI is InChI=1S/C14H15FN2/c1-10(16-2)12-6-13(9-17-8-12)11-4-3-5-14(15)7-11/h3-10,16H,1-2H3. The molecular formula is C14H15FN2. The highest BCUT2D eigenvalue weighted by Crippen LogP contribution is 2.22. The number of rotatable bonds is 3. The van der Waals surface area contributed by atoms with Crippen molar-refractivity contribution in [2.75, 3.05) is 7.05 Å². The van der Waals surface area contributed by atoms with E-state index in [1.165, 1.54) is 12.1 Å². The maximum absolute atomic E-state index is 13.1. The van der Waals surface area contributed by atoms with Gasteiger partial charge in [-0.3, -0.25) is 4.98 Å². The third kappa shape index (κ3) is 2.68. The molecule has 17 heavy (non-hydrogen) atoms. The lowest BCUT2D eigenvalue weighted by atomic mass is 10.0. The topological polar surface area (TPSA) is 24.9 Å². The van der Waals surface area contributed by atoms with Gasteiger partial charge in [0.25, 0.3) is 0 Å². The van der Waals surface area contributed by atoms with Gasteiger partial charge in [0.1, 0.15) is 5.82 Å². The molecule has 0 aliphatic heterocycles. The van der Waals surface area contributed by atoms with Crippen molar-refractivity contribution in [2.24, 2.45) is 0 Å². The summed E-state index contributed by atoms with van der Waals surface area (Å²) in [7, 11) is 1.90. The van der Waals surface area contributed by atoms with E-state index in [1.807, 2.05) is 25.4 Å². The van der Waals surface area contributed by atoms with E-state index in [0.717, 1.165) is 16.7 Å². The molecule has 3 heteroatoms. The van der Waals surface area contributed by atoms with Crippen LogP contribution in [0.5, 0.6) is 0 Å². The molecule has 2 nitrogen and oxygen atoms in total. The van der Waals surface area contributed by atoms with Crippen LogP contribution in [0.1, 0.15) is 18.5 Å². The number of nitrogens with one attached hydrogen (secondary N) is 1. The monoisotopic (exact) mass is 230 g/mol. The molecule has 0 aliphatic rings. The van der Waals surface area contributed by atoms with Gasteiger partial charge in [-0.1, -0.05) is 12.1 Å². The minimum atomic E-state index is -0.227. The number of hydrogen-bond donors (Lipinski definition) is 1. The fourth-order valence-corrected chi connectivity index (χ4v) is 1.69. The van der Waals surface area contributed by atoms with Gasteiger partial charge < -0.3 is 5.32 Å². The second-order valence-electron chi connectivity index (χ2n) is 4.03. The normalized spacial score (nSPS) is 12.4. The molecule has 0 aliphatic carbocycles. The lowest BCUT2D eigenvalue weighted by Crippen LogP contribution is -2.12. The molecule has 1 heterocycles. The van der Waals surface area contributed by atoms with Gasteiger partial charge in [0.2, 0.25) is 0 Å². The van der Waals surface area contributed by atoms with E-state index in [2.05, 4.69) is 17.2 Å². The third-order valence-electron chi connectivity index (χ3n) is 2.85. The molecule has 1 aromatic heterocycles. The Morgan fingerprint density at radius 1 is 1.18 bits per heavy atom. The Morgan fingerprint density at radius 2 is 2.00 bits per heavy atom. The predicted molar refractivity (Wildman–Crippen MR) is 67.1 cm³/mol. The van der Waals surface area contributed by atoms with Crippen LogP contribution in [0.15, 0.2) is 42.7 Å². The smallest absolute Gasteiger partial charge is 0.123 e. The van der Waals surface area contributed by atoms with E-state index in [4.69, 9.17) is 0 Å². The van der Waals surface area contributed by atoms with Crippen molar-refractivity contribution < 1.29 is 4.39 Å². The molecule has 88 valence electrons. The lowest BCUT2D eigenvalue weighted by Gasteiger charge is -2.11. The zero-order valence-corrected chi connectivity index (χ0v) is 9.94. The largest absolute Gasteiger partial charge is 0.313 e. The molecule has 0 saturated carbocycles. The number of aromatic nitrogens is 1. The van der Waals surface area contributed by atoms with Crippen LogP contribution in [-0.4, -0.2) is 12.0 Å². The molecule has 0 radical (unpaired) electrons. The van der Waals surface area contributed by atoms with Crippen LogP contribution in [0.4, 0.5) is 4.39 Å². The Hall–Kier alpha value is -1.74. The van der Waals surface area contributed by atoms with Crippen LogP contribution in [0.2, 0.25) is 0 Å². The van der Waals surface area contributed by atoms with Crippen molar-refractivity contribution >= 4 is 0 Å². The molecule has 2 aromatic rings. The summed E-state index contributed by atoms with van der Waals surface area (Å²) in [5.41, 5.74) is 2.88. The molecule has 1 N–H and O–H groups in total. The number of benzene rings is 1. The van der Waals surface area contributed by atoms with Crippen molar-refractivity contribution in [2.45, 2.75) is 13.0 Å². The first kappa shape index (κ1) is 11.7. The second-order valence-corrected chi connectivity index (χ2v) is 4.03. The summed E-state index contributed by atoms with van der Waals surface area (Å²) in [4.78, 5) is 4.20. The minimum Gasteiger partial charge on any atom is -0.313 e. The Bertz CT molecular complexity index is 511. The maximum atomic E-state index is 13.1. The highest BCUT2D eigenvalue weighted by molar-refractivity contribution is 5.63. The van der Waals surface area contributed by atoms with Crippen LogP contribution in [0.3, 0.4) is 0 Å². The van der Waals surface area contributed by atoms with Gasteiger partial charge >= 0.3 is 0 Å². The summed E-state index contributed by atoms with van der Waals surface area (Å²) in [5, 5.41) is 3.16. The van der Waals surface area contributed by atoms with Gasteiger partial charge in [0.15, 0.2) is 0 Å². The molecule has 1 atom stereocenters. The quantitative estimate of drug-likeness (QED) is 0.876. The number of hydrogen-bond acceptors (Lipinski definition) is 2. The molecule has 2 rings (SSSR count). The molecule has 1 aromatic carbocycles. The molecule has 0 bridgehead atoms. The van der Waals surface area contributed by atoms with E-state index >= 15 is 0 Å². The molecule has 0 spiro atoms. The molecule has 0 saturated heterocycles. The highest BCUT2D eigenvalue weighted by atomic mass is 19.1. The molecule has 1 unspecified atom stereocenters. The SMILES string of the molecule is CNC(C)c1cncc(-c2cccc(F)c2)c1. The van der Waals surface area contributed by atoms with Gasteiger partial charge in [-0.15, -0.1) is 0 Å². The van der Waals surface area contributed by atoms with Crippen LogP contribution < -0.4 is 5.32 Å². The maximum Gasteiger partial charge on any atom is 0.123 e. The second kappa shape index (κ2) is 5.06.